The molecule has 0 bridgehead atoms. The molecule has 1 aromatic heterocycles. The minimum Gasteiger partial charge on any atom is -0.313 e. The Morgan fingerprint density at radius 3 is 2.76 bits per heavy atom. The van der Waals surface area contributed by atoms with Gasteiger partial charge in [0.1, 0.15) is 0 Å². The van der Waals surface area contributed by atoms with Gasteiger partial charge >= 0.3 is 0 Å². The fourth-order valence-corrected chi connectivity index (χ4v) is 2.08. The molecule has 1 heterocycles. The molecule has 0 amide bonds. The van der Waals surface area contributed by atoms with Crippen molar-refractivity contribution < 1.29 is 0 Å². The molecule has 1 aromatic carbocycles. The minimum absolute atomic E-state index is 0.339. The largest absolute Gasteiger partial charge is 0.313 e. The molecular weight excluding hydrogens is 210 g/mol. The third kappa shape index (κ3) is 2.24. The molecule has 3 nitrogen and oxygen atoms in total. The quantitative estimate of drug-likeness (QED) is 0.873. The molecule has 1 unspecified atom stereocenters. The summed E-state index contributed by atoms with van der Waals surface area (Å²) in [6.45, 7) is 5.18. The lowest BCUT2D eigenvalue weighted by molar-refractivity contribution is 0.645. The standard InChI is InChI=1S/C14H19N3/c1-4-17-14(9-10-16-17)13-8-6-5-7-12(13)11(2)15-3/h5-11,15H,4H2,1-3H3. The van der Waals surface area contributed by atoms with E-state index in [1.54, 1.807) is 0 Å². The Hall–Kier alpha value is -1.61. The van der Waals surface area contributed by atoms with Gasteiger partial charge in [0.05, 0.1) is 5.69 Å². The van der Waals surface area contributed by atoms with E-state index in [0.717, 1.165) is 6.54 Å². The van der Waals surface area contributed by atoms with Crippen LogP contribution in [0.25, 0.3) is 11.3 Å². The number of nitrogens with zero attached hydrogens (tertiary/aromatic N) is 2. The van der Waals surface area contributed by atoms with Crippen LogP contribution in [0.4, 0.5) is 0 Å². The zero-order valence-corrected chi connectivity index (χ0v) is 10.6. The average Bonchev–Trinajstić information content (AvgIpc) is 2.86. The van der Waals surface area contributed by atoms with E-state index >= 15 is 0 Å². The molecular formula is C14H19N3. The van der Waals surface area contributed by atoms with E-state index in [9.17, 15) is 0 Å². The van der Waals surface area contributed by atoms with Crippen LogP contribution >= 0.6 is 0 Å². The van der Waals surface area contributed by atoms with E-state index in [0.29, 0.717) is 6.04 Å². The topological polar surface area (TPSA) is 29.9 Å². The summed E-state index contributed by atoms with van der Waals surface area (Å²) in [6, 6.07) is 10.9. The molecule has 0 aliphatic carbocycles. The van der Waals surface area contributed by atoms with Crippen molar-refractivity contribution in [2.75, 3.05) is 7.05 Å². The number of hydrogen-bond acceptors (Lipinski definition) is 2. The van der Waals surface area contributed by atoms with Crippen LogP contribution in [0, 0.1) is 0 Å². The van der Waals surface area contributed by atoms with Crippen LogP contribution < -0.4 is 5.32 Å². The Labute approximate surface area is 102 Å². The van der Waals surface area contributed by atoms with Gasteiger partial charge in [0.25, 0.3) is 0 Å². The fourth-order valence-electron chi connectivity index (χ4n) is 2.08. The average molecular weight is 229 g/mol. The summed E-state index contributed by atoms with van der Waals surface area (Å²) in [5.41, 5.74) is 3.75. The summed E-state index contributed by atoms with van der Waals surface area (Å²) in [4.78, 5) is 0. The molecule has 0 radical (unpaired) electrons. The molecule has 17 heavy (non-hydrogen) atoms. The van der Waals surface area contributed by atoms with Crippen LogP contribution in [-0.2, 0) is 6.54 Å². The zero-order valence-electron chi connectivity index (χ0n) is 10.6. The first-order valence-corrected chi connectivity index (χ1v) is 6.06. The second-order valence-corrected chi connectivity index (χ2v) is 4.13. The first-order chi connectivity index (χ1) is 8.27. The normalized spacial score (nSPS) is 12.6. The molecule has 1 N–H and O–H groups in total. The van der Waals surface area contributed by atoms with Gasteiger partial charge in [-0.05, 0) is 32.5 Å². The van der Waals surface area contributed by atoms with Gasteiger partial charge < -0.3 is 5.32 Å². The van der Waals surface area contributed by atoms with Gasteiger partial charge in [0, 0.05) is 24.3 Å². The first-order valence-electron chi connectivity index (χ1n) is 6.06. The van der Waals surface area contributed by atoms with Gasteiger partial charge in [0.15, 0.2) is 0 Å². The fraction of sp³-hybridized carbons (Fsp3) is 0.357. The molecule has 0 aliphatic rings. The maximum atomic E-state index is 4.33. The number of hydrogen-bond donors (Lipinski definition) is 1. The van der Waals surface area contributed by atoms with Crippen molar-refractivity contribution in [2.45, 2.75) is 26.4 Å². The van der Waals surface area contributed by atoms with Crippen molar-refractivity contribution >= 4 is 0 Å². The van der Waals surface area contributed by atoms with E-state index in [4.69, 9.17) is 0 Å². The van der Waals surface area contributed by atoms with Crippen LogP contribution in [0.1, 0.15) is 25.5 Å². The van der Waals surface area contributed by atoms with Gasteiger partial charge in [-0.15, -0.1) is 0 Å². The summed E-state index contributed by atoms with van der Waals surface area (Å²) in [5.74, 6) is 0. The van der Waals surface area contributed by atoms with Crippen LogP contribution in [0.2, 0.25) is 0 Å². The second kappa shape index (κ2) is 5.15. The Morgan fingerprint density at radius 2 is 2.06 bits per heavy atom. The highest BCUT2D eigenvalue weighted by Crippen LogP contribution is 2.27. The Morgan fingerprint density at radius 1 is 1.29 bits per heavy atom. The summed E-state index contributed by atoms with van der Waals surface area (Å²) in [7, 11) is 1.98. The lowest BCUT2D eigenvalue weighted by Crippen LogP contribution is -2.14. The van der Waals surface area contributed by atoms with Crippen LogP contribution in [-0.4, -0.2) is 16.8 Å². The van der Waals surface area contributed by atoms with Crippen molar-refractivity contribution in [3.05, 3.63) is 42.1 Å². The molecule has 2 rings (SSSR count). The third-order valence-electron chi connectivity index (χ3n) is 3.15. The number of rotatable bonds is 4. The van der Waals surface area contributed by atoms with Crippen LogP contribution in [0.15, 0.2) is 36.5 Å². The monoisotopic (exact) mass is 229 g/mol. The predicted molar refractivity (Wildman–Crippen MR) is 70.8 cm³/mol. The highest BCUT2D eigenvalue weighted by Gasteiger charge is 2.12. The predicted octanol–water partition coefficient (Wildman–Crippen LogP) is 2.85. The Bertz CT molecular complexity index is 488. The molecule has 0 saturated heterocycles. The van der Waals surface area contributed by atoms with Gasteiger partial charge in [0.2, 0.25) is 0 Å². The smallest absolute Gasteiger partial charge is 0.0685 e. The Balaban J connectivity index is 2.52. The van der Waals surface area contributed by atoms with E-state index in [1.807, 2.05) is 17.9 Å². The highest BCUT2D eigenvalue weighted by atomic mass is 15.3. The summed E-state index contributed by atoms with van der Waals surface area (Å²) in [5, 5.41) is 7.62. The summed E-state index contributed by atoms with van der Waals surface area (Å²) < 4.78 is 2.03. The van der Waals surface area contributed by atoms with Crippen molar-refractivity contribution in [1.82, 2.24) is 15.1 Å². The van der Waals surface area contributed by atoms with Crippen LogP contribution in [0.3, 0.4) is 0 Å². The molecule has 0 aliphatic heterocycles. The third-order valence-corrected chi connectivity index (χ3v) is 3.15. The zero-order chi connectivity index (χ0) is 12.3. The number of aromatic nitrogens is 2. The summed E-state index contributed by atoms with van der Waals surface area (Å²) >= 11 is 0. The maximum absolute atomic E-state index is 4.33. The van der Waals surface area contributed by atoms with E-state index < -0.39 is 0 Å². The first kappa shape index (κ1) is 11.9. The lowest BCUT2D eigenvalue weighted by Gasteiger charge is -2.16. The minimum atomic E-state index is 0.339. The van der Waals surface area contributed by atoms with Gasteiger partial charge in [-0.2, -0.15) is 5.10 Å². The van der Waals surface area contributed by atoms with E-state index in [2.05, 4.69) is 54.6 Å². The second-order valence-electron chi connectivity index (χ2n) is 4.13. The van der Waals surface area contributed by atoms with Gasteiger partial charge in [-0.3, -0.25) is 4.68 Å². The maximum Gasteiger partial charge on any atom is 0.0685 e. The molecule has 2 aromatic rings. The van der Waals surface area contributed by atoms with Crippen molar-refractivity contribution in [1.29, 1.82) is 0 Å². The molecule has 0 saturated carbocycles. The van der Waals surface area contributed by atoms with E-state index in [-0.39, 0.29) is 0 Å². The lowest BCUT2D eigenvalue weighted by atomic mass is 9.99. The van der Waals surface area contributed by atoms with Gasteiger partial charge in [-0.25, -0.2) is 0 Å². The van der Waals surface area contributed by atoms with E-state index in [1.165, 1.54) is 16.8 Å². The summed E-state index contributed by atoms with van der Waals surface area (Å²) in [6.07, 6.45) is 1.86. The number of aryl methyl sites for hydroxylation is 1. The van der Waals surface area contributed by atoms with Crippen molar-refractivity contribution in [3.8, 4) is 11.3 Å². The number of benzene rings is 1. The van der Waals surface area contributed by atoms with Crippen LogP contribution in [0.5, 0.6) is 0 Å². The number of nitrogens with one attached hydrogen (secondary N) is 1. The SMILES string of the molecule is CCn1nccc1-c1ccccc1C(C)NC. The molecule has 3 heteroatoms. The molecule has 1 atom stereocenters. The van der Waals surface area contributed by atoms with Crippen molar-refractivity contribution in [3.63, 3.8) is 0 Å². The highest BCUT2D eigenvalue weighted by molar-refractivity contribution is 5.64. The molecule has 0 spiro atoms. The Kier molecular flexibility index (Phi) is 3.59. The van der Waals surface area contributed by atoms with Gasteiger partial charge in [-0.1, -0.05) is 24.3 Å². The molecule has 90 valence electrons. The van der Waals surface area contributed by atoms with Crippen molar-refractivity contribution in [2.24, 2.45) is 0 Å². The molecule has 0 fully saturated rings.